The Balaban J connectivity index is 0.814. The predicted octanol–water partition coefficient (Wildman–Crippen LogP) is 25.1. The number of thiol groups is 1. The Hall–Kier alpha value is -10.8. The molecule has 16 aromatic carbocycles. The van der Waals surface area contributed by atoms with Crippen LogP contribution in [0.15, 0.2) is 332 Å². The van der Waals surface area contributed by atoms with Crippen molar-refractivity contribution < 1.29 is 0 Å². The van der Waals surface area contributed by atoms with E-state index in [0.29, 0.717) is 0 Å². The Bertz CT molecular complexity index is 5700. The predicted molar refractivity (Wildman–Crippen MR) is 403 cm³/mol. The molecule has 0 saturated heterocycles. The van der Waals surface area contributed by atoms with Crippen LogP contribution in [0.25, 0.3) is 176 Å². The molecule has 0 aliphatic carbocycles. The summed E-state index contributed by atoms with van der Waals surface area (Å²) in [5.74, 6) is 0. The third-order valence-corrected chi connectivity index (χ3v) is 20.3. The fraction of sp³-hybridized carbons (Fsp3) is 0. The van der Waals surface area contributed by atoms with Gasteiger partial charge in [-0.1, -0.05) is 267 Å². The van der Waals surface area contributed by atoms with Gasteiger partial charge in [-0.05, 0) is 177 Å². The summed E-state index contributed by atoms with van der Waals surface area (Å²) in [6.07, 6.45) is 0. The van der Waals surface area contributed by atoms with Crippen LogP contribution in [0.2, 0.25) is 0 Å². The first-order valence-electron chi connectivity index (χ1n) is 31.4. The van der Waals surface area contributed by atoms with Crippen LogP contribution in [-0.4, -0.2) is 9.13 Å². The van der Waals surface area contributed by atoms with Gasteiger partial charge in [-0.15, -0.1) is 12.6 Å². The molecule has 0 radical (unpaired) electrons. The maximum atomic E-state index is 5.57. The Morgan fingerprint density at radius 1 is 0.207 bits per heavy atom. The Morgan fingerprint density at radius 2 is 0.511 bits per heavy atom. The van der Waals surface area contributed by atoms with Crippen LogP contribution in [0.5, 0.6) is 0 Å². The molecule has 92 heavy (non-hydrogen) atoms. The third kappa shape index (κ3) is 8.69. The lowest BCUT2D eigenvalue weighted by Crippen LogP contribution is -2.00. The van der Waals surface area contributed by atoms with Crippen molar-refractivity contribution in [3.8, 4) is 89.3 Å². The summed E-state index contributed by atoms with van der Waals surface area (Å²) in [7, 11) is 0. The first-order chi connectivity index (χ1) is 45.5. The molecule has 0 unspecified atom stereocenters. The van der Waals surface area contributed by atoms with Crippen LogP contribution in [0, 0.1) is 3.57 Å². The van der Waals surface area contributed by atoms with Gasteiger partial charge in [0.05, 0.1) is 33.4 Å². The van der Waals surface area contributed by atoms with Gasteiger partial charge in [-0.2, -0.15) is 0 Å². The zero-order valence-electron chi connectivity index (χ0n) is 49.9. The second-order valence-electron chi connectivity index (χ2n) is 24.1. The summed E-state index contributed by atoms with van der Waals surface area (Å²) >= 11 is 8.13. The van der Waals surface area contributed by atoms with E-state index < -0.39 is 0 Å². The molecule has 0 saturated carbocycles. The highest BCUT2D eigenvalue weighted by Crippen LogP contribution is 2.51. The smallest absolute Gasteiger partial charge is 0.0619 e. The van der Waals surface area contributed by atoms with Crippen LogP contribution in [0.1, 0.15) is 0 Å². The fourth-order valence-electron chi connectivity index (χ4n) is 15.0. The maximum absolute atomic E-state index is 5.57. The molecule has 0 amide bonds. The third-order valence-electron chi connectivity index (χ3n) is 19.1. The normalized spacial score (nSPS) is 11.8. The van der Waals surface area contributed by atoms with Gasteiger partial charge in [0.1, 0.15) is 0 Å². The van der Waals surface area contributed by atoms with Crippen molar-refractivity contribution in [1.29, 1.82) is 0 Å². The number of hydrogen-bond acceptors (Lipinski definition) is 1. The van der Waals surface area contributed by atoms with Crippen molar-refractivity contribution in [2.45, 2.75) is 4.90 Å². The minimum atomic E-state index is 0.913. The quantitative estimate of drug-likeness (QED) is 0.0838. The number of benzene rings is 16. The molecule has 430 valence electrons. The second-order valence-corrected chi connectivity index (χ2v) is 25.7. The average Bonchev–Trinajstić information content (AvgIpc) is 1.46. The molecule has 0 aliphatic heterocycles. The minimum Gasteiger partial charge on any atom is -0.308 e. The summed E-state index contributed by atoms with van der Waals surface area (Å²) in [6.45, 7) is 0. The second kappa shape index (κ2) is 22.0. The SMILES string of the molecule is Sc1cc(-c2c3ccccc3c(-n3c4ccc(-c5ccccc5)cc4c4cc(-c5ccccc5)ccc43)c3ccccc23)ccc1-c1c(I)cccc1-c1c2ccccc2c(-n2c3ccc(-c4ccccc4)cc3c3cc(-c4ccccc4)ccc32)c2ccccc12. The number of halogens is 1. The first-order valence-corrected chi connectivity index (χ1v) is 32.9. The molecule has 4 heteroatoms. The van der Waals surface area contributed by atoms with Crippen LogP contribution >= 0.6 is 35.2 Å². The minimum absolute atomic E-state index is 0.913. The summed E-state index contributed by atoms with van der Waals surface area (Å²) in [5, 5.41) is 14.3. The number of aromatic nitrogens is 2. The molecule has 2 aromatic heterocycles. The van der Waals surface area contributed by atoms with Crippen molar-refractivity contribution in [2.24, 2.45) is 0 Å². The zero-order valence-corrected chi connectivity index (χ0v) is 52.9. The van der Waals surface area contributed by atoms with E-state index in [1.165, 1.54) is 159 Å². The molecule has 2 heterocycles. The van der Waals surface area contributed by atoms with E-state index >= 15 is 0 Å². The van der Waals surface area contributed by atoms with Crippen LogP contribution in [-0.2, 0) is 0 Å². The Kier molecular flexibility index (Phi) is 13.0. The average molecular weight is 1300 g/mol. The lowest BCUT2D eigenvalue weighted by atomic mass is 9.86. The molecule has 0 atom stereocenters. The monoisotopic (exact) mass is 1300 g/mol. The summed E-state index contributed by atoms with van der Waals surface area (Å²) in [6, 6.07) is 121. The van der Waals surface area contributed by atoms with Gasteiger partial charge < -0.3 is 9.13 Å². The Labute approximate surface area is 552 Å². The molecular weight excluding hydrogens is 1240 g/mol. The largest absolute Gasteiger partial charge is 0.308 e. The van der Waals surface area contributed by atoms with E-state index in [4.69, 9.17) is 12.6 Å². The van der Waals surface area contributed by atoms with Gasteiger partial charge in [0.25, 0.3) is 0 Å². The topological polar surface area (TPSA) is 9.86 Å². The Morgan fingerprint density at radius 3 is 0.848 bits per heavy atom. The van der Waals surface area contributed by atoms with Crippen LogP contribution in [0.4, 0.5) is 0 Å². The summed E-state index contributed by atoms with van der Waals surface area (Å²) < 4.78 is 6.22. The molecule has 0 fully saturated rings. The molecule has 18 aromatic rings. The molecular formula is C88H55IN2S. The van der Waals surface area contributed by atoms with Crippen LogP contribution < -0.4 is 0 Å². The lowest BCUT2D eigenvalue weighted by Gasteiger charge is -2.22. The van der Waals surface area contributed by atoms with E-state index in [1.807, 2.05) is 0 Å². The zero-order chi connectivity index (χ0) is 61.0. The maximum Gasteiger partial charge on any atom is 0.0619 e. The highest BCUT2D eigenvalue weighted by Gasteiger charge is 2.26. The lowest BCUT2D eigenvalue weighted by molar-refractivity contribution is 1.21. The van der Waals surface area contributed by atoms with Gasteiger partial charge >= 0.3 is 0 Å². The van der Waals surface area contributed by atoms with Crippen molar-refractivity contribution >= 4 is 122 Å². The van der Waals surface area contributed by atoms with E-state index in [1.54, 1.807) is 0 Å². The van der Waals surface area contributed by atoms with Gasteiger partial charge in [-0.25, -0.2) is 0 Å². The molecule has 2 nitrogen and oxygen atoms in total. The van der Waals surface area contributed by atoms with Gasteiger partial charge in [0.15, 0.2) is 0 Å². The van der Waals surface area contributed by atoms with E-state index in [2.05, 4.69) is 359 Å². The molecule has 0 N–H and O–H groups in total. The number of fused-ring (bicyclic) bond motifs is 10. The van der Waals surface area contributed by atoms with Crippen molar-refractivity contribution in [2.75, 3.05) is 0 Å². The van der Waals surface area contributed by atoms with Crippen molar-refractivity contribution in [3.05, 3.63) is 331 Å². The van der Waals surface area contributed by atoms with Gasteiger partial charge in [0.2, 0.25) is 0 Å². The molecule has 18 rings (SSSR count). The summed E-state index contributed by atoms with van der Waals surface area (Å²) in [5.41, 5.74) is 23.5. The fourth-order valence-corrected chi connectivity index (χ4v) is 16.1. The number of hydrogen-bond donors (Lipinski definition) is 1. The van der Waals surface area contributed by atoms with Crippen molar-refractivity contribution in [1.82, 2.24) is 9.13 Å². The standard InChI is InChI=1S/C88H55IN2S/c89-78-39-21-38-73(85-66-32-15-19-36-70(66)88(71-37-20-16-33-67(71)85)91-81-48-43-61(57-26-9-3-10-27-57)52-76(81)77-53-62(44-49-82(77)91)58-28-11-4-12-29-58)86(78)72-45-40-63(54-83(72)92)84-64-30-13-17-34-68(64)87(69-35-18-14-31-65(69)84)90-79-46-41-59(55-22-5-1-6-23-55)50-74(79)75-51-60(42-47-80(75)90)56-24-7-2-8-25-56/h1-54,92H. The molecule has 0 aliphatic rings. The van der Waals surface area contributed by atoms with Gasteiger partial charge in [-0.3, -0.25) is 0 Å². The molecule has 0 spiro atoms. The molecule has 0 bridgehead atoms. The number of nitrogens with zero attached hydrogens (tertiary/aromatic N) is 2. The van der Waals surface area contributed by atoms with E-state index in [-0.39, 0.29) is 0 Å². The van der Waals surface area contributed by atoms with Crippen LogP contribution in [0.3, 0.4) is 0 Å². The highest BCUT2D eigenvalue weighted by molar-refractivity contribution is 14.1. The number of rotatable bonds is 9. The van der Waals surface area contributed by atoms with Gasteiger partial charge in [0, 0.05) is 57.1 Å². The van der Waals surface area contributed by atoms with E-state index in [9.17, 15) is 0 Å². The first kappa shape index (κ1) is 54.2. The van der Waals surface area contributed by atoms with E-state index in [0.717, 1.165) is 25.2 Å². The van der Waals surface area contributed by atoms with Crippen molar-refractivity contribution in [3.63, 3.8) is 0 Å². The summed E-state index contributed by atoms with van der Waals surface area (Å²) in [4.78, 5) is 0.913. The highest BCUT2D eigenvalue weighted by atomic mass is 127.